The quantitative estimate of drug-likeness (QED) is 0.711. The SMILES string of the molecule is N[C@H]1CCC[C@H](c2cccnc2)C1. The summed E-state index contributed by atoms with van der Waals surface area (Å²) in [6.07, 6.45) is 8.66. The minimum atomic E-state index is 0.402. The first-order valence-electron chi connectivity index (χ1n) is 5.02. The third kappa shape index (κ3) is 2.07. The van der Waals surface area contributed by atoms with Crippen molar-refractivity contribution in [3.63, 3.8) is 0 Å². The van der Waals surface area contributed by atoms with Gasteiger partial charge in [-0.2, -0.15) is 0 Å². The van der Waals surface area contributed by atoms with Crippen molar-refractivity contribution in [2.24, 2.45) is 5.73 Å². The highest BCUT2D eigenvalue weighted by Crippen LogP contribution is 2.31. The van der Waals surface area contributed by atoms with Crippen LogP contribution >= 0.6 is 0 Å². The highest BCUT2D eigenvalue weighted by molar-refractivity contribution is 5.15. The Morgan fingerprint density at radius 1 is 1.38 bits per heavy atom. The van der Waals surface area contributed by atoms with Crippen molar-refractivity contribution in [1.82, 2.24) is 4.98 Å². The van der Waals surface area contributed by atoms with Crippen LogP contribution in [0.25, 0.3) is 0 Å². The smallest absolute Gasteiger partial charge is 0.0302 e. The third-order valence-electron chi connectivity index (χ3n) is 2.87. The predicted molar refractivity (Wildman–Crippen MR) is 53.4 cm³/mol. The highest BCUT2D eigenvalue weighted by Gasteiger charge is 2.20. The number of hydrogen-bond acceptors (Lipinski definition) is 2. The van der Waals surface area contributed by atoms with Crippen molar-refractivity contribution in [2.45, 2.75) is 37.6 Å². The van der Waals surface area contributed by atoms with E-state index in [1.165, 1.54) is 24.8 Å². The summed E-state index contributed by atoms with van der Waals surface area (Å²) in [4.78, 5) is 4.14. The minimum absolute atomic E-state index is 0.402. The molecule has 1 heterocycles. The van der Waals surface area contributed by atoms with Gasteiger partial charge in [0.2, 0.25) is 0 Å². The van der Waals surface area contributed by atoms with E-state index in [4.69, 9.17) is 5.73 Å². The van der Waals surface area contributed by atoms with Crippen LogP contribution in [-0.2, 0) is 0 Å². The van der Waals surface area contributed by atoms with Crippen molar-refractivity contribution in [2.75, 3.05) is 0 Å². The van der Waals surface area contributed by atoms with Gasteiger partial charge in [-0.15, -0.1) is 0 Å². The summed E-state index contributed by atoms with van der Waals surface area (Å²) in [5, 5.41) is 0. The van der Waals surface area contributed by atoms with Crippen LogP contribution in [0.3, 0.4) is 0 Å². The second-order valence-corrected chi connectivity index (χ2v) is 3.91. The van der Waals surface area contributed by atoms with Crippen LogP contribution in [0.15, 0.2) is 24.5 Å². The first kappa shape index (κ1) is 8.70. The molecule has 2 atom stereocenters. The maximum atomic E-state index is 5.94. The van der Waals surface area contributed by atoms with E-state index in [9.17, 15) is 0 Å². The van der Waals surface area contributed by atoms with Crippen LogP contribution in [0, 0.1) is 0 Å². The lowest BCUT2D eigenvalue weighted by molar-refractivity contribution is 0.393. The molecule has 1 aliphatic rings. The van der Waals surface area contributed by atoms with E-state index < -0.39 is 0 Å². The maximum Gasteiger partial charge on any atom is 0.0302 e. The molecule has 0 aromatic carbocycles. The van der Waals surface area contributed by atoms with Gasteiger partial charge < -0.3 is 5.73 Å². The molecule has 13 heavy (non-hydrogen) atoms. The second-order valence-electron chi connectivity index (χ2n) is 3.91. The van der Waals surface area contributed by atoms with Gasteiger partial charge in [-0.05, 0) is 36.8 Å². The Kier molecular flexibility index (Phi) is 2.60. The number of aromatic nitrogens is 1. The van der Waals surface area contributed by atoms with Crippen LogP contribution in [0.2, 0.25) is 0 Å². The fourth-order valence-electron chi connectivity index (χ4n) is 2.15. The Labute approximate surface area is 79.2 Å². The van der Waals surface area contributed by atoms with Gasteiger partial charge in [-0.25, -0.2) is 0 Å². The van der Waals surface area contributed by atoms with Crippen LogP contribution < -0.4 is 5.73 Å². The fourth-order valence-corrected chi connectivity index (χ4v) is 2.15. The largest absolute Gasteiger partial charge is 0.328 e. The molecule has 0 bridgehead atoms. The monoisotopic (exact) mass is 176 g/mol. The average molecular weight is 176 g/mol. The summed E-state index contributed by atoms with van der Waals surface area (Å²) in [6.45, 7) is 0. The van der Waals surface area contributed by atoms with Gasteiger partial charge >= 0.3 is 0 Å². The van der Waals surface area contributed by atoms with Crippen molar-refractivity contribution >= 4 is 0 Å². The first-order valence-corrected chi connectivity index (χ1v) is 5.02. The lowest BCUT2D eigenvalue weighted by atomic mass is 9.82. The maximum absolute atomic E-state index is 5.94. The van der Waals surface area contributed by atoms with Crippen molar-refractivity contribution in [3.8, 4) is 0 Å². The van der Waals surface area contributed by atoms with Gasteiger partial charge in [0.15, 0.2) is 0 Å². The Hall–Kier alpha value is -0.890. The Morgan fingerprint density at radius 2 is 2.31 bits per heavy atom. The zero-order valence-electron chi connectivity index (χ0n) is 7.82. The molecule has 1 aromatic rings. The molecule has 0 aliphatic heterocycles. The fraction of sp³-hybridized carbons (Fsp3) is 0.545. The van der Waals surface area contributed by atoms with Crippen LogP contribution in [0.5, 0.6) is 0 Å². The molecule has 0 amide bonds. The zero-order chi connectivity index (χ0) is 9.10. The molecule has 0 radical (unpaired) electrons. The van der Waals surface area contributed by atoms with Gasteiger partial charge in [0.25, 0.3) is 0 Å². The third-order valence-corrected chi connectivity index (χ3v) is 2.87. The van der Waals surface area contributed by atoms with E-state index >= 15 is 0 Å². The van der Waals surface area contributed by atoms with Crippen molar-refractivity contribution in [1.29, 1.82) is 0 Å². The van der Waals surface area contributed by atoms with E-state index in [2.05, 4.69) is 11.1 Å². The zero-order valence-corrected chi connectivity index (χ0v) is 7.82. The standard InChI is InChI=1S/C11H16N2/c12-11-5-1-3-9(7-11)10-4-2-6-13-8-10/h2,4,6,8-9,11H,1,3,5,7,12H2/t9-,11-/m0/s1. The van der Waals surface area contributed by atoms with E-state index in [0.29, 0.717) is 12.0 Å². The van der Waals surface area contributed by atoms with Gasteiger partial charge in [0, 0.05) is 18.4 Å². The van der Waals surface area contributed by atoms with Gasteiger partial charge in [-0.1, -0.05) is 12.5 Å². The molecular weight excluding hydrogens is 160 g/mol. The minimum Gasteiger partial charge on any atom is -0.328 e. The number of pyridine rings is 1. The van der Waals surface area contributed by atoms with E-state index in [1.807, 2.05) is 18.5 Å². The topological polar surface area (TPSA) is 38.9 Å². The summed E-state index contributed by atoms with van der Waals surface area (Å²) in [5.41, 5.74) is 7.30. The van der Waals surface area contributed by atoms with Crippen LogP contribution in [-0.4, -0.2) is 11.0 Å². The molecule has 2 nitrogen and oxygen atoms in total. The number of nitrogens with zero attached hydrogens (tertiary/aromatic N) is 1. The van der Waals surface area contributed by atoms with E-state index in [0.717, 1.165) is 6.42 Å². The molecule has 1 fully saturated rings. The summed E-state index contributed by atoms with van der Waals surface area (Å²) in [6, 6.07) is 4.57. The van der Waals surface area contributed by atoms with Gasteiger partial charge in [-0.3, -0.25) is 4.98 Å². The molecule has 1 aromatic heterocycles. The summed E-state index contributed by atoms with van der Waals surface area (Å²) >= 11 is 0. The van der Waals surface area contributed by atoms with Gasteiger partial charge in [0.05, 0.1) is 0 Å². The molecular formula is C11H16N2. The number of rotatable bonds is 1. The van der Waals surface area contributed by atoms with Crippen LogP contribution in [0.1, 0.15) is 37.2 Å². The molecule has 1 saturated carbocycles. The molecule has 2 rings (SSSR count). The second kappa shape index (κ2) is 3.88. The van der Waals surface area contributed by atoms with E-state index in [-0.39, 0.29) is 0 Å². The normalized spacial score (nSPS) is 28.7. The summed E-state index contributed by atoms with van der Waals surface area (Å²) in [7, 11) is 0. The first-order chi connectivity index (χ1) is 6.36. The Balaban J connectivity index is 2.08. The average Bonchev–Trinajstić information content (AvgIpc) is 2.19. The molecule has 2 heteroatoms. The van der Waals surface area contributed by atoms with Crippen LogP contribution in [0.4, 0.5) is 0 Å². The molecule has 0 unspecified atom stereocenters. The molecule has 0 spiro atoms. The lowest BCUT2D eigenvalue weighted by Crippen LogP contribution is -2.26. The summed E-state index contributed by atoms with van der Waals surface area (Å²) < 4.78 is 0. The molecule has 1 aliphatic carbocycles. The summed E-state index contributed by atoms with van der Waals surface area (Å²) in [5.74, 6) is 0.650. The van der Waals surface area contributed by atoms with Crippen molar-refractivity contribution < 1.29 is 0 Å². The van der Waals surface area contributed by atoms with E-state index in [1.54, 1.807) is 0 Å². The predicted octanol–water partition coefficient (Wildman–Crippen LogP) is 2.07. The van der Waals surface area contributed by atoms with Gasteiger partial charge in [0.1, 0.15) is 0 Å². The Bertz CT molecular complexity index is 258. The number of hydrogen-bond donors (Lipinski definition) is 1. The number of nitrogens with two attached hydrogens (primary N) is 1. The highest BCUT2D eigenvalue weighted by atomic mass is 14.6. The molecule has 70 valence electrons. The lowest BCUT2D eigenvalue weighted by Gasteiger charge is -2.26. The molecule has 2 N–H and O–H groups in total. The Morgan fingerprint density at radius 3 is 3.00 bits per heavy atom. The van der Waals surface area contributed by atoms with Crippen molar-refractivity contribution in [3.05, 3.63) is 30.1 Å². The molecule has 0 saturated heterocycles.